The van der Waals surface area contributed by atoms with Crippen LogP contribution in [0.5, 0.6) is 0 Å². The highest BCUT2D eigenvalue weighted by Gasteiger charge is 2.18. The molecule has 0 aliphatic carbocycles. The Labute approximate surface area is 81.7 Å². The normalized spacial score (nSPS) is 17.5. The predicted octanol–water partition coefficient (Wildman–Crippen LogP) is 1.54. The fourth-order valence-electron chi connectivity index (χ4n) is 0.992. The summed E-state index contributed by atoms with van der Waals surface area (Å²) in [5, 5.41) is 13.0. The van der Waals surface area contributed by atoms with Gasteiger partial charge in [0, 0.05) is 19.0 Å². The molecule has 0 rings (SSSR count). The number of hydrogen-bond donors (Lipinski definition) is 2. The average molecular weight is 183 g/mol. The van der Waals surface area contributed by atoms with Crippen LogP contribution in [0.2, 0.25) is 0 Å². The number of terminal acetylenes is 1. The van der Waals surface area contributed by atoms with E-state index in [-0.39, 0.29) is 0 Å². The van der Waals surface area contributed by atoms with Gasteiger partial charge in [-0.1, -0.05) is 13.8 Å². The highest BCUT2D eigenvalue weighted by molar-refractivity contribution is 4.90. The van der Waals surface area contributed by atoms with Crippen LogP contribution in [0.4, 0.5) is 0 Å². The first-order chi connectivity index (χ1) is 6.05. The molecule has 2 unspecified atom stereocenters. The lowest BCUT2D eigenvalue weighted by molar-refractivity contribution is 0.0528. The van der Waals surface area contributed by atoms with E-state index in [1.54, 1.807) is 0 Å². The smallest absolute Gasteiger partial charge is 0.0741 e. The molecule has 0 aliphatic rings. The van der Waals surface area contributed by atoms with Gasteiger partial charge in [0.1, 0.15) is 0 Å². The summed E-state index contributed by atoms with van der Waals surface area (Å²) in [6.07, 6.45) is 7.72. The van der Waals surface area contributed by atoms with Crippen molar-refractivity contribution in [2.24, 2.45) is 0 Å². The molecule has 13 heavy (non-hydrogen) atoms. The first-order valence-corrected chi connectivity index (χ1v) is 4.95. The van der Waals surface area contributed by atoms with Crippen LogP contribution in [0.1, 0.15) is 40.0 Å². The number of rotatable bonds is 6. The molecular weight excluding hydrogens is 162 g/mol. The van der Waals surface area contributed by atoms with Crippen LogP contribution in [-0.2, 0) is 0 Å². The van der Waals surface area contributed by atoms with Gasteiger partial charge in [0.2, 0.25) is 0 Å². The lowest BCUT2D eigenvalue weighted by atomic mass is 10.0. The molecule has 0 aromatic heterocycles. The lowest BCUT2D eigenvalue weighted by Crippen LogP contribution is -2.41. The van der Waals surface area contributed by atoms with E-state index in [9.17, 15) is 5.11 Å². The van der Waals surface area contributed by atoms with Crippen LogP contribution >= 0.6 is 0 Å². The van der Waals surface area contributed by atoms with E-state index in [4.69, 9.17) is 6.42 Å². The molecule has 0 amide bonds. The summed E-state index contributed by atoms with van der Waals surface area (Å²) in [7, 11) is 0. The molecular formula is C11H21NO. The SMILES string of the molecule is C#CCC(CC)NCC(C)(O)CC. The van der Waals surface area contributed by atoms with Gasteiger partial charge >= 0.3 is 0 Å². The van der Waals surface area contributed by atoms with Gasteiger partial charge in [-0.3, -0.25) is 0 Å². The van der Waals surface area contributed by atoms with Crippen LogP contribution in [-0.4, -0.2) is 23.3 Å². The van der Waals surface area contributed by atoms with Gasteiger partial charge in [-0.15, -0.1) is 12.3 Å². The summed E-state index contributed by atoms with van der Waals surface area (Å²) in [6, 6.07) is 0.336. The third-order valence-corrected chi connectivity index (χ3v) is 2.39. The molecule has 2 N–H and O–H groups in total. The van der Waals surface area contributed by atoms with Crippen molar-refractivity contribution in [2.75, 3.05) is 6.54 Å². The summed E-state index contributed by atoms with van der Waals surface area (Å²) in [6.45, 7) is 6.52. The quantitative estimate of drug-likeness (QED) is 0.612. The van der Waals surface area contributed by atoms with Crippen molar-refractivity contribution >= 4 is 0 Å². The fraction of sp³-hybridized carbons (Fsp3) is 0.818. The second kappa shape index (κ2) is 6.01. The minimum Gasteiger partial charge on any atom is -0.389 e. The number of aliphatic hydroxyl groups is 1. The van der Waals surface area contributed by atoms with Crippen LogP contribution in [0.15, 0.2) is 0 Å². The van der Waals surface area contributed by atoms with Crippen molar-refractivity contribution in [2.45, 2.75) is 51.7 Å². The molecule has 0 bridgehead atoms. The molecule has 0 aromatic carbocycles. The maximum Gasteiger partial charge on any atom is 0.0741 e. The number of hydrogen-bond acceptors (Lipinski definition) is 2. The summed E-state index contributed by atoms with van der Waals surface area (Å²) in [5.74, 6) is 2.63. The molecule has 0 aliphatic heterocycles. The van der Waals surface area contributed by atoms with Crippen molar-refractivity contribution < 1.29 is 5.11 Å². The second-order valence-electron chi connectivity index (χ2n) is 3.74. The van der Waals surface area contributed by atoms with Gasteiger partial charge in [-0.25, -0.2) is 0 Å². The molecule has 76 valence electrons. The number of nitrogens with one attached hydrogen (secondary N) is 1. The fourth-order valence-corrected chi connectivity index (χ4v) is 0.992. The summed E-state index contributed by atoms with van der Waals surface area (Å²) in [4.78, 5) is 0. The van der Waals surface area contributed by atoms with Crippen molar-refractivity contribution in [3.63, 3.8) is 0 Å². The summed E-state index contributed by atoms with van der Waals surface area (Å²) in [5.41, 5.74) is -0.609. The standard InChI is InChI=1S/C11H21NO/c1-5-8-10(6-2)12-9-11(4,13)7-3/h1,10,12-13H,6-9H2,2-4H3. The van der Waals surface area contributed by atoms with Crippen molar-refractivity contribution in [1.82, 2.24) is 5.32 Å². The van der Waals surface area contributed by atoms with E-state index >= 15 is 0 Å². The van der Waals surface area contributed by atoms with E-state index in [0.29, 0.717) is 12.6 Å². The zero-order valence-electron chi connectivity index (χ0n) is 8.93. The second-order valence-corrected chi connectivity index (χ2v) is 3.74. The van der Waals surface area contributed by atoms with Gasteiger partial charge in [-0.2, -0.15) is 0 Å². The van der Waals surface area contributed by atoms with E-state index in [1.807, 2.05) is 13.8 Å². The summed E-state index contributed by atoms with van der Waals surface area (Å²) < 4.78 is 0. The van der Waals surface area contributed by atoms with Crippen LogP contribution in [0.3, 0.4) is 0 Å². The van der Waals surface area contributed by atoms with E-state index in [1.165, 1.54) is 0 Å². The summed E-state index contributed by atoms with van der Waals surface area (Å²) >= 11 is 0. The Morgan fingerprint density at radius 1 is 1.54 bits per heavy atom. The molecule has 0 aromatic rings. The van der Waals surface area contributed by atoms with E-state index < -0.39 is 5.60 Å². The van der Waals surface area contributed by atoms with Gasteiger partial charge in [0.05, 0.1) is 5.60 Å². The lowest BCUT2D eigenvalue weighted by Gasteiger charge is -2.24. The van der Waals surface area contributed by atoms with E-state index in [2.05, 4.69) is 18.2 Å². The van der Waals surface area contributed by atoms with Crippen molar-refractivity contribution in [3.8, 4) is 12.3 Å². The Morgan fingerprint density at radius 2 is 2.15 bits per heavy atom. The molecule has 2 heteroatoms. The minimum atomic E-state index is -0.609. The highest BCUT2D eigenvalue weighted by atomic mass is 16.3. The zero-order chi connectivity index (χ0) is 10.3. The Hall–Kier alpha value is -0.520. The average Bonchev–Trinajstić information content (AvgIpc) is 2.12. The Morgan fingerprint density at radius 3 is 2.54 bits per heavy atom. The topological polar surface area (TPSA) is 32.3 Å². The largest absolute Gasteiger partial charge is 0.389 e. The highest BCUT2D eigenvalue weighted by Crippen LogP contribution is 2.07. The molecule has 0 heterocycles. The molecule has 2 atom stereocenters. The van der Waals surface area contributed by atoms with Gasteiger partial charge in [-0.05, 0) is 19.8 Å². The minimum absolute atomic E-state index is 0.336. The van der Waals surface area contributed by atoms with Crippen LogP contribution < -0.4 is 5.32 Å². The molecule has 0 spiro atoms. The zero-order valence-corrected chi connectivity index (χ0v) is 8.93. The Kier molecular flexibility index (Phi) is 5.77. The van der Waals surface area contributed by atoms with Crippen LogP contribution in [0.25, 0.3) is 0 Å². The molecule has 0 radical (unpaired) electrons. The maximum atomic E-state index is 9.72. The molecule has 0 fully saturated rings. The molecule has 0 saturated carbocycles. The van der Waals surface area contributed by atoms with Gasteiger partial charge < -0.3 is 10.4 Å². The Balaban J connectivity index is 3.78. The Bertz CT molecular complexity index is 169. The van der Waals surface area contributed by atoms with Crippen molar-refractivity contribution in [3.05, 3.63) is 0 Å². The first kappa shape index (κ1) is 12.5. The van der Waals surface area contributed by atoms with Crippen molar-refractivity contribution in [1.29, 1.82) is 0 Å². The van der Waals surface area contributed by atoms with Gasteiger partial charge in [0.25, 0.3) is 0 Å². The maximum absolute atomic E-state index is 9.72. The monoisotopic (exact) mass is 183 g/mol. The van der Waals surface area contributed by atoms with Gasteiger partial charge in [0.15, 0.2) is 0 Å². The first-order valence-electron chi connectivity index (χ1n) is 4.95. The predicted molar refractivity (Wildman–Crippen MR) is 56.4 cm³/mol. The third-order valence-electron chi connectivity index (χ3n) is 2.39. The molecule has 0 saturated heterocycles. The molecule has 2 nitrogen and oxygen atoms in total. The third kappa shape index (κ3) is 5.68. The van der Waals surface area contributed by atoms with E-state index in [0.717, 1.165) is 19.3 Å². The van der Waals surface area contributed by atoms with Crippen LogP contribution in [0, 0.1) is 12.3 Å².